The molecule has 0 bridgehead atoms. The minimum absolute atomic E-state index is 0.169. The van der Waals surface area contributed by atoms with Gasteiger partial charge in [0.1, 0.15) is 17.5 Å². The molecule has 2 rings (SSSR count). The first-order valence-electron chi connectivity index (χ1n) is 5.50. The van der Waals surface area contributed by atoms with Gasteiger partial charge < -0.3 is 15.8 Å². The van der Waals surface area contributed by atoms with Crippen LogP contribution < -0.4 is 16.6 Å². The van der Waals surface area contributed by atoms with Crippen molar-refractivity contribution in [3.05, 3.63) is 11.9 Å². The zero-order valence-electron chi connectivity index (χ0n) is 9.27. The SMILES string of the molecule is CCc1nc(NN)cc(NC2CC(O)C2)n1. The van der Waals surface area contributed by atoms with Crippen LogP contribution in [0.15, 0.2) is 6.07 Å². The van der Waals surface area contributed by atoms with Crippen molar-refractivity contribution in [3.8, 4) is 0 Å². The fourth-order valence-electron chi connectivity index (χ4n) is 1.72. The molecule has 0 amide bonds. The lowest BCUT2D eigenvalue weighted by molar-refractivity contribution is 0.0835. The van der Waals surface area contributed by atoms with Crippen LogP contribution in [-0.2, 0) is 6.42 Å². The highest BCUT2D eigenvalue weighted by Gasteiger charge is 2.27. The van der Waals surface area contributed by atoms with Gasteiger partial charge in [0.2, 0.25) is 0 Å². The Morgan fingerprint density at radius 3 is 2.69 bits per heavy atom. The number of hydrazine groups is 1. The molecule has 0 spiro atoms. The number of aliphatic hydroxyl groups excluding tert-OH is 1. The molecule has 6 heteroatoms. The molecular weight excluding hydrogens is 206 g/mol. The average Bonchev–Trinajstić information content (AvgIpc) is 2.26. The van der Waals surface area contributed by atoms with Crippen molar-refractivity contribution in [1.29, 1.82) is 0 Å². The fourth-order valence-corrected chi connectivity index (χ4v) is 1.72. The topological polar surface area (TPSA) is 96.1 Å². The summed E-state index contributed by atoms with van der Waals surface area (Å²) in [5, 5.41) is 12.4. The van der Waals surface area contributed by atoms with E-state index < -0.39 is 0 Å². The van der Waals surface area contributed by atoms with E-state index in [9.17, 15) is 5.11 Å². The Labute approximate surface area is 94.3 Å². The first-order valence-corrected chi connectivity index (χ1v) is 5.50. The fraction of sp³-hybridized carbons (Fsp3) is 0.600. The number of rotatable bonds is 4. The number of nitrogens with one attached hydrogen (secondary N) is 2. The maximum atomic E-state index is 9.19. The highest BCUT2D eigenvalue weighted by atomic mass is 16.3. The van der Waals surface area contributed by atoms with Crippen LogP contribution in [0.4, 0.5) is 11.6 Å². The minimum atomic E-state index is -0.169. The number of aliphatic hydroxyl groups is 1. The zero-order chi connectivity index (χ0) is 11.5. The van der Waals surface area contributed by atoms with Crippen LogP contribution in [0.25, 0.3) is 0 Å². The van der Waals surface area contributed by atoms with E-state index in [0.717, 1.165) is 30.9 Å². The van der Waals surface area contributed by atoms with Crippen LogP contribution in [-0.4, -0.2) is 27.2 Å². The number of hydrogen-bond donors (Lipinski definition) is 4. The molecule has 0 radical (unpaired) electrons. The summed E-state index contributed by atoms with van der Waals surface area (Å²) >= 11 is 0. The first kappa shape index (κ1) is 11.1. The number of aryl methyl sites for hydroxylation is 1. The molecule has 6 nitrogen and oxygen atoms in total. The summed E-state index contributed by atoms with van der Waals surface area (Å²) in [6, 6.07) is 2.07. The molecular formula is C10H17N5O. The van der Waals surface area contributed by atoms with Crippen LogP contribution in [0.2, 0.25) is 0 Å². The third-order valence-corrected chi connectivity index (χ3v) is 2.70. The van der Waals surface area contributed by atoms with Gasteiger partial charge in [-0.05, 0) is 12.8 Å². The molecule has 88 valence electrons. The predicted molar refractivity (Wildman–Crippen MR) is 61.9 cm³/mol. The molecule has 1 aliphatic rings. The normalized spacial score (nSPS) is 23.7. The van der Waals surface area contributed by atoms with Gasteiger partial charge in [-0.15, -0.1) is 0 Å². The maximum absolute atomic E-state index is 9.19. The minimum Gasteiger partial charge on any atom is -0.393 e. The van der Waals surface area contributed by atoms with E-state index in [1.54, 1.807) is 6.07 Å². The predicted octanol–water partition coefficient (Wildman–Crippen LogP) is 0.260. The Balaban J connectivity index is 2.07. The van der Waals surface area contributed by atoms with Crippen LogP contribution in [0.3, 0.4) is 0 Å². The number of nitrogen functional groups attached to an aromatic ring is 1. The van der Waals surface area contributed by atoms with Crippen molar-refractivity contribution >= 4 is 11.6 Å². The van der Waals surface area contributed by atoms with E-state index in [1.165, 1.54) is 0 Å². The van der Waals surface area contributed by atoms with Gasteiger partial charge in [-0.25, -0.2) is 15.8 Å². The van der Waals surface area contributed by atoms with E-state index in [1.807, 2.05) is 6.92 Å². The number of aromatic nitrogens is 2. The quantitative estimate of drug-likeness (QED) is 0.432. The zero-order valence-corrected chi connectivity index (χ0v) is 9.27. The Hall–Kier alpha value is -1.40. The molecule has 0 saturated heterocycles. The van der Waals surface area contributed by atoms with Crippen LogP contribution in [0.1, 0.15) is 25.6 Å². The lowest BCUT2D eigenvalue weighted by Crippen LogP contribution is -2.39. The van der Waals surface area contributed by atoms with Gasteiger partial charge in [0.15, 0.2) is 0 Å². The molecule has 1 fully saturated rings. The summed E-state index contributed by atoms with van der Waals surface area (Å²) in [6.07, 6.45) is 2.14. The van der Waals surface area contributed by atoms with Gasteiger partial charge >= 0.3 is 0 Å². The Morgan fingerprint density at radius 1 is 1.44 bits per heavy atom. The lowest BCUT2D eigenvalue weighted by atomic mass is 9.89. The highest BCUT2D eigenvalue weighted by molar-refractivity contribution is 5.47. The summed E-state index contributed by atoms with van der Waals surface area (Å²) in [7, 11) is 0. The second kappa shape index (κ2) is 4.63. The van der Waals surface area contributed by atoms with Crippen LogP contribution in [0.5, 0.6) is 0 Å². The number of anilines is 2. The summed E-state index contributed by atoms with van der Waals surface area (Å²) < 4.78 is 0. The van der Waals surface area contributed by atoms with Gasteiger partial charge in [0.25, 0.3) is 0 Å². The van der Waals surface area contributed by atoms with Crippen molar-refractivity contribution < 1.29 is 5.11 Å². The number of hydrogen-bond acceptors (Lipinski definition) is 6. The molecule has 0 unspecified atom stereocenters. The van der Waals surface area contributed by atoms with Crippen molar-refractivity contribution in [1.82, 2.24) is 9.97 Å². The third kappa shape index (κ3) is 2.40. The molecule has 1 aliphatic carbocycles. The van der Waals surface area contributed by atoms with E-state index in [-0.39, 0.29) is 6.10 Å². The molecule has 0 aliphatic heterocycles. The first-order chi connectivity index (χ1) is 7.71. The number of nitrogens with zero attached hydrogens (tertiary/aromatic N) is 2. The molecule has 16 heavy (non-hydrogen) atoms. The molecule has 0 aromatic carbocycles. The molecule has 5 N–H and O–H groups in total. The van der Waals surface area contributed by atoms with E-state index in [0.29, 0.717) is 11.9 Å². The second-order valence-corrected chi connectivity index (χ2v) is 4.02. The summed E-state index contributed by atoms with van der Waals surface area (Å²) in [4.78, 5) is 8.55. The van der Waals surface area contributed by atoms with Crippen molar-refractivity contribution in [3.63, 3.8) is 0 Å². The smallest absolute Gasteiger partial charge is 0.145 e. The average molecular weight is 223 g/mol. The van der Waals surface area contributed by atoms with E-state index in [2.05, 4.69) is 20.7 Å². The van der Waals surface area contributed by atoms with Crippen molar-refractivity contribution in [2.75, 3.05) is 10.7 Å². The van der Waals surface area contributed by atoms with E-state index >= 15 is 0 Å². The maximum Gasteiger partial charge on any atom is 0.145 e. The third-order valence-electron chi connectivity index (χ3n) is 2.70. The molecule has 1 saturated carbocycles. The Bertz CT molecular complexity index is 342. The van der Waals surface area contributed by atoms with Gasteiger partial charge in [-0.1, -0.05) is 6.92 Å². The Morgan fingerprint density at radius 2 is 2.12 bits per heavy atom. The van der Waals surface area contributed by atoms with Crippen LogP contribution in [0, 0.1) is 0 Å². The Kier molecular flexibility index (Phi) is 3.21. The van der Waals surface area contributed by atoms with Gasteiger partial charge in [0.05, 0.1) is 6.10 Å². The van der Waals surface area contributed by atoms with Crippen molar-refractivity contribution in [2.45, 2.75) is 38.3 Å². The number of nitrogens with two attached hydrogens (primary N) is 1. The monoisotopic (exact) mass is 223 g/mol. The molecule has 1 aromatic heterocycles. The highest BCUT2D eigenvalue weighted by Crippen LogP contribution is 2.23. The summed E-state index contributed by atoms with van der Waals surface area (Å²) in [5.74, 6) is 7.45. The summed E-state index contributed by atoms with van der Waals surface area (Å²) in [6.45, 7) is 1.99. The molecule has 1 heterocycles. The molecule has 0 atom stereocenters. The standard InChI is InChI=1S/C10H17N5O/c1-2-8-13-9(5-10(14-8)15-11)12-6-3-7(16)4-6/h5-7,16H,2-4,11H2,1H3,(H2,12,13,14,15). The van der Waals surface area contributed by atoms with Crippen LogP contribution >= 0.6 is 0 Å². The lowest BCUT2D eigenvalue weighted by Gasteiger charge is -2.32. The van der Waals surface area contributed by atoms with E-state index in [4.69, 9.17) is 5.84 Å². The van der Waals surface area contributed by atoms with Crippen molar-refractivity contribution in [2.24, 2.45) is 5.84 Å². The van der Waals surface area contributed by atoms with Gasteiger partial charge in [-0.3, -0.25) is 0 Å². The largest absolute Gasteiger partial charge is 0.393 e. The summed E-state index contributed by atoms with van der Waals surface area (Å²) in [5.41, 5.74) is 2.52. The van der Waals surface area contributed by atoms with Gasteiger partial charge in [0, 0.05) is 18.5 Å². The second-order valence-electron chi connectivity index (χ2n) is 4.02. The van der Waals surface area contributed by atoms with Gasteiger partial charge in [-0.2, -0.15) is 0 Å². The molecule has 1 aromatic rings.